The Bertz CT molecular complexity index is 811. The molecule has 0 heterocycles. The van der Waals surface area contributed by atoms with Crippen molar-refractivity contribution in [2.45, 2.75) is 115 Å². The minimum Gasteiger partial charge on any atom is -0.396 e. The fourth-order valence-corrected chi connectivity index (χ4v) is 7.13. The van der Waals surface area contributed by atoms with E-state index in [1.54, 1.807) is 13.8 Å². The number of rotatable bonds is 10. The molecule has 3 rings (SSSR count). The predicted octanol–water partition coefficient (Wildman–Crippen LogP) is 4.05. The average molecular weight is 507 g/mol. The lowest BCUT2D eigenvalue weighted by molar-refractivity contribution is -0.0968. The van der Waals surface area contributed by atoms with Gasteiger partial charge in [0.25, 0.3) is 0 Å². The summed E-state index contributed by atoms with van der Waals surface area (Å²) in [6.45, 7) is 12.5. The minimum atomic E-state index is -1.06. The van der Waals surface area contributed by atoms with Gasteiger partial charge in [-0.15, -0.1) is 0 Å². The van der Waals surface area contributed by atoms with Gasteiger partial charge in [0.1, 0.15) is 12.2 Å². The van der Waals surface area contributed by atoms with Crippen molar-refractivity contribution in [2.24, 2.45) is 23.2 Å². The topological polar surface area (TPSA) is 110 Å². The van der Waals surface area contributed by atoms with Crippen molar-refractivity contribution >= 4 is 0 Å². The number of hydrogen-bond donors (Lipinski definition) is 5. The zero-order valence-corrected chi connectivity index (χ0v) is 22.8. The Balaban J connectivity index is 1.68. The lowest BCUT2D eigenvalue weighted by atomic mass is 9.60. The molecule has 3 aliphatic rings. The molecule has 36 heavy (non-hydrogen) atoms. The van der Waals surface area contributed by atoms with Gasteiger partial charge in [-0.25, -0.2) is 0 Å². The molecule has 0 aromatic heterocycles. The lowest BCUT2D eigenvalue weighted by Crippen LogP contribution is -2.45. The zero-order valence-electron chi connectivity index (χ0n) is 22.8. The molecule has 0 saturated heterocycles. The van der Waals surface area contributed by atoms with E-state index in [1.807, 2.05) is 0 Å². The van der Waals surface area contributed by atoms with Crippen LogP contribution in [0.4, 0.5) is 0 Å². The van der Waals surface area contributed by atoms with Crippen LogP contribution in [0.15, 0.2) is 35.5 Å². The maximum atomic E-state index is 10.7. The van der Waals surface area contributed by atoms with Gasteiger partial charge >= 0.3 is 0 Å². The second kappa shape index (κ2) is 12.2. The van der Waals surface area contributed by atoms with Crippen molar-refractivity contribution in [1.29, 1.82) is 0 Å². The first kappa shape index (κ1) is 29.5. The molecule has 5 N–H and O–H groups in total. The highest BCUT2D eigenvalue weighted by molar-refractivity contribution is 5.40. The number of aliphatic hydroxyl groups is 5. The van der Waals surface area contributed by atoms with Crippen LogP contribution < -0.4 is 0 Å². The molecule has 8 atom stereocenters. The highest BCUT2D eigenvalue weighted by atomic mass is 16.5. The van der Waals surface area contributed by atoms with Crippen LogP contribution in [-0.2, 0) is 4.74 Å². The maximum absolute atomic E-state index is 10.7. The summed E-state index contributed by atoms with van der Waals surface area (Å²) in [5, 5.41) is 50.7. The fraction of sp³-hybridized carbons (Fsp3) is 0.800. The highest BCUT2D eigenvalue weighted by Crippen LogP contribution is 2.60. The van der Waals surface area contributed by atoms with Crippen LogP contribution in [0.1, 0.15) is 85.5 Å². The molecule has 1 unspecified atom stereocenters. The minimum absolute atomic E-state index is 0.0150. The standard InChI is InChI=1S/C30H50O6/c1-19(9-14-26(33)29(3,4)35)23-12-13-24-21(8-6-15-30(23,24)5)10-11-22-18-25(32)28(27(34)20(22)2)36-17-7-16-31/h10-11,19,23-28,31-35H,2,6-9,12-18H2,1,3-5H3/t19-,23-,24?,25-,26-,27-,28-,30-/m1/s1. The largest absolute Gasteiger partial charge is 0.396 e. The van der Waals surface area contributed by atoms with Gasteiger partial charge in [0.05, 0.1) is 17.8 Å². The molecule has 0 spiro atoms. The molecule has 6 heteroatoms. The number of ether oxygens (including phenoxy) is 1. The van der Waals surface area contributed by atoms with Crippen molar-refractivity contribution in [3.63, 3.8) is 0 Å². The van der Waals surface area contributed by atoms with Gasteiger partial charge in [-0.3, -0.25) is 0 Å². The van der Waals surface area contributed by atoms with Crippen molar-refractivity contribution in [3.8, 4) is 0 Å². The summed E-state index contributed by atoms with van der Waals surface area (Å²) in [5.74, 6) is 1.61. The van der Waals surface area contributed by atoms with Crippen molar-refractivity contribution < 1.29 is 30.3 Å². The van der Waals surface area contributed by atoms with E-state index >= 15 is 0 Å². The SMILES string of the molecule is C=C1C(=CC=C2CCC[C@@]3(C)C2CC[C@@H]3[C@H](C)CC[C@@H](O)C(C)(C)O)C[C@@H](O)[C@@H](OCCCO)[C@@H]1O. The first-order valence-corrected chi connectivity index (χ1v) is 14.0. The van der Waals surface area contributed by atoms with Crippen LogP contribution in [-0.4, -0.2) is 68.8 Å². The van der Waals surface area contributed by atoms with Crippen LogP contribution in [0.5, 0.6) is 0 Å². The zero-order chi connectivity index (χ0) is 26.7. The molecule has 0 bridgehead atoms. The second-order valence-electron chi connectivity index (χ2n) is 12.4. The van der Waals surface area contributed by atoms with E-state index in [0.717, 1.165) is 24.8 Å². The van der Waals surface area contributed by atoms with Gasteiger partial charge in [-0.2, -0.15) is 0 Å². The van der Waals surface area contributed by atoms with Crippen LogP contribution in [0, 0.1) is 23.2 Å². The van der Waals surface area contributed by atoms with Crippen LogP contribution in [0.25, 0.3) is 0 Å². The molecule has 3 saturated carbocycles. The number of aliphatic hydroxyl groups excluding tert-OH is 4. The lowest BCUT2D eigenvalue weighted by Gasteiger charge is -2.44. The number of fused-ring (bicyclic) bond motifs is 1. The molecule has 3 aliphatic carbocycles. The Morgan fingerprint density at radius 2 is 1.92 bits per heavy atom. The normalized spacial score (nSPS) is 37.4. The first-order valence-electron chi connectivity index (χ1n) is 14.0. The van der Waals surface area contributed by atoms with Gasteiger partial charge in [0.2, 0.25) is 0 Å². The molecule has 0 aromatic rings. The monoisotopic (exact) mass is 506 g/mol. The number of allylic oxidation sites excluding steroid dienone is 3. The molecular weight excluding hydrogens is 456 g/mol. The summed E-state index contributed by atoms with van der Waals surface area (Å²) >= 11 is 0. The van der Waals surface area contributed by atoms with Gasteiger partial charge < -0.3 is 30.3 Å². The van der Waals surface area contributed by atoms with E-state index in [0.29, 0.717) is 49.2 Å². The first-order chi connectivity index (χ1) is 16.9. The van der Waals surface area contributed by atoms with Crippen molar-refractivity contribution in [1.82, 2.24) is 0 Å². The summed E-state index contributed by atoms with van der Waals surface area (Å²) in [7, 11) is 0. The summed E-state index contributed by atoms with van der Waals surface area (Å²) in [6.07, 6.45) is 9.31. The van der Waals surface area contributed by atoms with Crippen molar-refractivity contribution in [3.05, 3.63) is 35.5 Å². The molecule has 0 aliphatic heterocycles. The smallest absolute Gasteiger partial charge is 0.114 e. The summed E-state index contributed by atoms with van der Waals surface area (Å²) in [5.41, 5.74) is 2.11. The average Bonchev–Trinajstić information content (AvgIpc) is 3.17. The quantitative estimate of drug-likeness (QED) is 0.286. The Morgan fingerprint density at radius 3 is 2.58 bits per heavy atom. The summed E-state index contributed by atoms with van der Waals surface area (Å²) < 4.78 is 5.63. The van der Waals surface area contributed by atoms with E-state index in [2.05, 4.69) is 32.6 Å². The van der Waals surface area contributed by atoms with E-state index < -0.39 is 30.0 Å². The van der Waals surface area contributed by atoms with Crippen LogP contribution in [0.3, 0.4) is 0 Å². The Morgan fingerprint density at radius 1 is 1.19 bits per heavy atom. The van der Waals surface area contributed by atoms with Crippen LogP contribution in [0.2, 0.25) is 0 Å². The Hall–Kier alpha value is -1.02. The number of hydrogen-bond acceptors (Lipinski definition) is 6. The Kier molecular flexibility index (Phi) is 10.0. The Labute approximate surface area is 217 Å². The summed E-state index contributed by atoms with van der Waals surface area (Å²) in [6, 6.07) is 0. The van der Waals surface area contributed by atoms with Crippen LogP contribution >= 0.6 is 0 Å². The molecular formula is C30H50O6. The van der Waals surface area contributed by atoms with Gasteiger partial charge in [-0.05, 0) is 99.5 Å². The van der Waals surface area contributed by atoms with Crippen molar-refractivity contribution in [2.75, 3.05) is 13.2 Å². The second-order valence-corrected chi connectivity index (χ2v) is 12.4. The van der Waals surface area contributed by atoms with Gasteiger partial charge in [-0.1, -0.05) is 38.2 Å². The third kappa shape index (κ3) is 6.51. The van der Waals surface area contributed by atoms with E-state index in [4.69, 9.17) is 9.84 Å². The molecule has 6 nitrogen and oxygen atoms in total. The maximum Gasteiger partial charge on any atom is 0.114 e. The third-order valence-electron chi connectivity index (χ3n) is 9.44. The predicted molar refractivity (Wildman–Crippen MR) is 142 cm³/mol. The molecule has 206 valence electrons. The third-order valence-corrected chi connectivity index (χ3v) is 9.44. The molecule has 0 amide bonds. The van der Waals surface area contributed by atoms with E-state index in [1.165, 1.54) is 24.8 Å². The van der Waals surface area contributed by atoms with Gasteiger partial charge in [0.15, 0.2) is 0 Å². The molecule has 3 fully saturated rings. The molecule has 0 radical (unpaired) electrons. The fourth-order valence-electron chi connectivity index (χ4n) is 7.13. The highest BCUT2D eigenvalue weighted by Gasteiger charge is 2.50. The van der Waals surface area contributed by atoms with E-state index in [9.17, 15) is 20.4 Å². The summed E-state index contributed by atoms with van der Waals surface area (Å²) in [4.78, 5) is 0. The molecule has 0 aromatic carbocycles. The van der Waals surface area contributed by atoms with E-state index in [-0.39, 0.29) is 12.0 Å². The van der Waals surface area contributed by atoms with Gasteiger partial charge in [0, 0.05) is 19.6 Å².